The molecule has 5 aromatic heterocycles. The fourth-order valence-corrected chi connectivity index (χ4v) is 4.52. The lowest BCUT2D eigenvalue weighted by molar-refractivity contribution is 0.403. The van der Waals surface area contributed by atoms with Gasteiger partial charge in [-0.2, -0.15) is 5.10 Å². The lowest BCUT2D eigenvalue weighted by atomic mass is 9.91. The monoisotopic (exact) mass is 516 g/mol. The van der Waals surface area contributed by atoms with Crippen LogP contribution in [-0.4, -0.2) is 35.1 Å². The Bertz CT molecular complexity index is 1730. The predicted octanol–water partition coefficient (Wildman–Crippen LogP) is 6.97. The van der Waals surface area contributed by atoms with Crippen LogP contribution in [0.3, 0.4) is 0 Å². The Morgan fingerprint density at radius 3 is 2.51 bits per heavy atom. The third kappa shape index (κ3) is 5.55. The highest BCUT2D eigenvalue weighted by atomic mass is 15.1. The first-order valence-electron chi connectivity index (χ1n) is 12.8. The first-order chi connectivity index (χ1) is 18.8. The van der Waals surface area contributed by atoms with Gasteiger partial charge in [-0.3, -0.25) is 15.1 Å². The van der Waals surface area contributed by atoms with Crippen molar-refractivity contribution in [2.24, 2.45) is 5.41 Å². The number of hydrogen-bond acceptors (Lipinski definition) is 6. The summed E-state index contributed by atoms with van der Waals surface area (Å²) in [6, 6.07) is 7.85. The standard InChI is InChI=1S/C31H32N8/c1-7-20(15-22(8-2)34-19(3)16-31(4,5)6)24-9-10-25-28(35-24)29(39-38-25)30-36-26-18-33-17-23(27(26)37-30)21-11-13-32-14-12-21/h7-15,17-18,34H,2-3,16H2,1,4-6H3,(H,36,37)(H,38,39)/b20-7+,22-15+. The molecule has 0 spiro atoms. The van der Waals surface area contributed by atoms with Gasteiger partial charge in [0.15, 0.2) is 11.5 Å². The summed E-state index contributed by atoms with van der Waals surface area (Å²) in [7, 11) is 0. The van der Waals surface area contributed by atoms with Crippen LogP contribution in [0.2, 0.25) is 0 Å². The van der Waals surface area contributed by atoms with Gasteiger partial charge < -0.3 is 10.3 Å². The minimum atomic E-state index is 0.135. The lowest BCUT2D eigenvalue weighted by Gasteiger charge is -2.21. The van der Waals surface area contributed by atoms with Gasteiger partial charge in [0.2, 0.25) is 0 Å². The van der Waals surface area contributed by atoms with E-state index in [-0.39, 0.29) is 5.41 Å². The number of H-pyrrole nitrogens is 2. The van der Waals surface area contributed by atoms with Crippen molar-refractivity contribution >= 4 is 27.6 Å². The normalized spacial score (nSPS) is 12.7. The van der Waals surface area contributed by atoms with Crippen molar-refractivity contribution in [3.05, 3.63) is 97.5 Å². The summed E-state index contributed by atoms with van der Waals surface area (Å²) in [4.78, 5) is 21.8. The first kappa shape index (κ1) is 25.8. The summed E-state index contributed by atoms with van der Waals surface area (Å²) < 4.78 is 0. The molecule has 0 unspecified atom stereocenters. The smallest absolute Gasteiger partial charge is 0.161 e. The summed E-state index contributed by atoms with van der Waals surface area (Å²) in [6.07, 6.45) is 13.8. The van der Waals surface area contributed by atoms with Crippen LogP contribution in [0.4, 0.5) is 0 Å². The first-order valence-corrected chi connectivity index (χ1v) is 12.8. The van der Waals surface area contributed by atoms with E-state index >= 15 is 0 Å². The highest BCUT2D eigenvalue weighted by Crippen LogP contribution is 2.31. The van der Waals surface area contributed by atoms with Crippen LogP contribution in [-0.2, 0) is 0 Å². The average Bonchev–Trinajstić information content (AvgIpc) is 3.54. The number of fused-ring (bicyclic) bond motifs is 2. The molecular weight excluding hydrogens is 484 g/mol. The maximum atomic E-state index is 4.98. The summed E-state index contributed by atoms with van der Waals surface area (Å²) >= 11 is 0. The maximum Gasteiger partial charge on any atom is 0.161 e. The van der Waals surface area contributed by atoms with Crippen LogP contribution in [0.25, 0.3) is 50.3 Å². The fourth-order valence-electron chi connectivity index (χ4n) is 4.52. The topological polar surface area (TPSA) is 108 Å². The Balaban J connectivity index is 1.51. The Morgan fingerprint density at radius 1 is 1.00 bits per heavy atom. The SMILES string of the molecule is C=C/C(=C\C(=C/C)c1ccc2[nH]nc(-c3nc4c(-c5ccncc5)cncc4[nH]3)c2n1)NC(=C)CC(C)(C)C. The van der Waals surface area contributed by atoms with E-state index in [0.717, 1.165) is 62.3 Å². The zero-order valence-electron chi connectivity index (χ0n) is 22.7. The van der Waals surface area contributed by atoms with E-state index in [1.54, 1.807) is 24.7 Å². The van der Waals surface area contributed by atoms with E-state index in [4.69, 9.17) is 9.97 Å². The molecule has 5 rings (SSSR count). The molecule has 0 aliphatic rings. The van der Waals surface area contributed by atoms with E-state index in [9.17, 15) is 0 Å². The maximum absolute atomic E-state index is 4.98. The van der Waals surface area contributed by atoms with Crippen LogP contribution in [0.1, 0.15) is 39.8 Å². The largest absolute Gasteiger partial charge is 0.359 e. The van der Waals surface area contributed by atoms with Crippen molar-refractivity contribution in [2.75, 3.05) is 0 Å². The molecule has 0 aliphatic heterocycles. The van der Waals surface area contributed by atoms with Crippen molar-refractivity contribution in [1.82, 2.24) is 40.4 Å². The molecule has 0 aliphatic carbocycles. The van der Waals surface area contributed by atoms with E-state index in [2.05, 4.69) is 64.4 Å². The molecule has 0 radical (unpaired) electrons. The molecule has 8 heteroatoms. The molecule has 0 bridgehead atoms. The molecule has 0 fully saturated rings. The lowest BCUT2D eigenvalue weighted by Crippen LogP contribution is -2.16. The third-order valence-corrected chi connectivity index (χ3v) is 6.22. The van der Waals surface area contributed by atoms with Crippen molar-refractivity contribution in [1.29, 1.82) is 0 Å². The number of imidazole rings is 1. The van der Waals surface area contributed by atoms with Gasteiger partial charge in [0, 0.05) is 35.5 Å². The molecule has 196 valence electrons. The summed E-state index contributed by atoms with van der Waals surface area (Å²) in [6.45, 7) is 16.7. The molecule has 3 N–H and O–H groups in total. The average molecular weight is 517 g/mol. The molecule has 0 amide bonds. The van der Waals surface area contributed by atoms with Gasteiger partial charge >= 0.3 is 0 Å². The number of allylic oxidation sites excluding steroid dienone is 5. The van der Waals surface area contributed by atoms with Crippen LogP contribution >= 0.6 is 0 Å². The second kappa shape index (κ2) is 10.5. The van der Waals surface area contributed by atoms with Crippen molar-refractivity contribution in [3.63, 3.8) is 0 Å². The third-order valence-electron chi connectivity index (χ3n) is 6.22. The zero-order chi connectivity index (χ0) is 27.6. The predicted molar refractivity (Wildman–Crippen MR) is 158 cm³/mol. The Hall–Kier alpha value is -4.85. The van der Waals surface area contributed by atoms with Gasteiger partial charge in [-0.05, 0) is 66.3 Å². The zero-order valence-corrected chi connectivity index (χ0v) is 22.7. The van der Waals surface area contributed by atoms with E-state index in [1.165, 1.54) is 0 Å². The molecular formula is C31H32N8. The number of hydrogen-bond donors (Lipinski definition) is 3. The number of pyridine rings is 3. The Labute approximate surface area is 227 Å². The van der Waals surface area contributed by atoms with E-state index in [1.807, 2.05) is 49.5 Å². The highest BCUT2D eigenvalue weighted by Gasteiger charge is 2.18. The van der Waals surface area contributed by atoms with Gasteiger partial charge in [-0.15, -0.1) is 0 Å². The molecule has 0 atom stereocenters. The van der Waals surface area contributed by atoms with Gasteiger partial charge in [-0.25, -0.2) is 9.97 Å². The fraction of sp³-hybridized carbons (Fsp3) is 0.194. The van der Waals surface area contributed by atoms with Crippen LogP contribution in [0, 0.1) is 5.41 Å². The molecule has 0 saturated heterocycles. The second-order valence-corrected chi connectivity index (χ2v) is 10.6. The Kier molecular flexibility index (Phi) is 6.94. The summed E-state index contributed by atoms with van der Waals surface area (Å²) in [5.74, 6) is 0.619. The van der Waals surface area contributed by atoms with Crippen LogP contribution in [0.15, 0.2) is 91.8 Å². The van der Waals surface area contributed by atoms with E-state index in [0.29, 0.717) is 11.5 Å². The van der Waals surface area contributed by atoms with Crippen LogP contribution in [0.5, 0.6) is 0 Å². The van der Waals surface area contributed by atoms with Crippen molar-refractivity contribution in [2.45, 2.75) is 34.1 Å². The number of nitrogens with zero attached hydrogens (tertiary/aromatic N) is 5. The van der Waals surface area contributed by atoms with Gasteiger partial charge in [-0.1, -0.05) is 40.0 Å². The number of rotatable bonds is 8. The van der Waals surface area contributed by atoms with Crippen molar-refractivity contribution in [3.8, 4) is 22.6 Å². The highest BCUT2D eigenvalue weighted by molar-refractivity contribution is 5.95. The van der Waals surface area contributed by atoms with Crippen LogP contribution < -0.4 is 5.32 Å². The molecule has 5 aromatic rings. The number of aromatic amines is 2. The van der Waals surface area contributed by atoms with Gasteiger partial charge in [0.1, 0.15) is 5.52 Å². The quantitative estimate of drug-likeness (QED) is 0.192. The van der Waals surface area contributed by atoms with Gasteiger partial charge in [0.05, 0.1) is 28.4 Å². The van der Waals surface area contributed by atoms with E-state index < -0.39 is 0 Å². The minimum Gasteiger partial charge on any atom is -0.359 e. The molecule has 8 nitrogen and oxygen atoms in total. The summed E-state index contributed by atoms with van der Waals surface area (Å²) in [5.41, 5.74) is 9.43. The molecule has 39 heavy (non-hydrogen) atoms. The molecule has 0 aromatic carbocycles. The Morgan fingerprint density at radius 2 is 1.79 bits per heavy atom. The van der Waals surface area contributed by atoms with Gasteiger partial charge in [0.25, 0.3) is 0 Å². The number of aromatic nitrogens is 7. The summed E-state index contributed by atoms with van der Waals surface area (Å²) in [5, 5.41) is 11.0. The number of nitrogens with one attached hydrogen (secondary N) is 3. The molecule has 0 saturated carbocycles. The van der Waals surface area contributed by atoms with Crippen molar-refractivity contribution < 1.29 is 0 Å². The second-order valence-electron chi connectivity index (χ2n) is 10.6. The molecule has 5 heterocycles. The minimum absolute atomic E-state index is 0.135.